The summed E-state index contributed by atoms with van der Waals surface area (Å²) in [6.07, 6.45) is 10.5. The van der Waals surface area contributed by atoms with Gasteiger partial charge in [0.1, 0.15) is 0 Å². The molecule has 2 saturated heterocycles. The molecule has 4 heterocycles. The molecular weight excluding hydrogens is 366 g/mol. The summed E-state index contributed by atoms with van der Waals surface area (Å²) >= 11 is 0. The molecular formula is C22H31N5O2. The van der Waals surface area contributed by atoms with E-state index in [2.05, 4.69) is 15.2 Å². The molecule has 7 nitrogen and oxygen atoms in total. The summed E-state index contributed by atoms with van der Waals surface area (Å²) < 4.78 is 0. The third-order valence-corrected chi connectivity index (χ3v) is 7.53. The highest BCUT2D eigenvalue weighted by molar-refractivity contribution is 5.75. The number of nitrogens with zero attached hydrogens (tertiary/aromatic N) is 4. The number of carbonyl (C=O) groups excluding carboxylic acids is 2. The van der Waals surface area contributed by atoms with E-state index < -0.39 is 0 Å². The van der Waals surface area contributed by atoms with Crippen molar-refractivity contribution >= 4 is 12.1 Å². The van der Waals surface area contributed by atoms with E-state index in [9.17, 15) is 9.59 Å². The highest BCUT2D eigenvalue weighted by atomic mass is 16.2. The number of urea groups is 2. The highest BCUT2D eigenvalue weighted by Crippen LogP contribution is 2.59. The molecule has 7 heteroatoms. The Morgan fingerprint density at radius 1 is 1.00 bits per heavy atom. The number of amides is 4. The Balaban J connectivity index is 1.06. The Morgan fingerprint density at radius 2 is 1.72 bits per heavy atom. The summed E-state index contributed by atoms with van der Waals surface area (Å²) in [4.78, 5) is 35.4. The van der Waals surface area contributed by atoms with Gasteiger partial charge in [0.05, 0.1) is 0 Å². The van der Waals surface area contributed by atoms with Crippen LogP contribution in [0.15, 0.2) is 18.5 Å². The fraction of sp³-hybridized carbons (Fsp3) is 0.682. The summed E-state index contributed by atoms with van der Waals surface area (Å²) in [7, 11) is 0. The van der Waals surface area contributed by atoms with Gasteiger partial charge in [0, 0.05) is 58.2 Å². The van der Waals surface area contributed by atoms with E-state index in [4.69, 9.17) is 0 Å². The average Bonchev–Trinajstić information content (AvgIpc) is 3.24. The second-order valence-electron chi connectivity index (χ2n) is 9.27. The van der Waals surface area contributed by atoms with Crippen molar-refractivity contribution in [1.82, 2.24) is 25.0 Å². The van der Waals surface area contributed by atoms with Gasteiger partial charge in [-0.3, -0.25) is 4.98 Å². The van der Waals surface area contributed by atoms with Gasteiger partial charge in [0.2, 0.25) is 0 Å². The van der Waals surface area contributed by atoms with Crippen molar-refractivity contribution in [1.29, 1.82) is 0 Å². The second-order valence-corrected chi connectivity index (χ2v) is 9.27. The Labute approximate surface area is 172 Å². The first-order chi connectivity index (χ1) is 14.1. The molecule has 1 spiro atoms. The van der Waals surface area contributed by atoms with Crippen LogP contribution in [0.2, 0.25) is 0 Å². The number of rotatable bonds is 2. The van der Waals surface area contributed by atoms with Crippen molar-refractivity contribution in [2.75, 3.05) is 32.7 Å². The lowest BCUT2D eigenvalue weighted by Crippen LogP contribution is -2.49. The first-order valence-corrected chi connectivity index (χ1v) is 11.1. The van der Waals surface area contributed by atoms with Gasteiger partial charge in [-0.25, -0.2) is 9.59 Å². The summed E-state index contributed by atoms with van der Waals surface area (Å²) in [5, 5.41) is 3.16. The Bertz CT molecular complexity index is 758. The van der Waals surface area contributed by atoms with Gasteiger partial charge >= 0.3 is 12.1 Å². The number of piperidine rings is 2. The molecule has 1 aromatic heterocycles. The number of fused-ring (bicyclic) bond motifs is 1. The van der Waals surface area contributed by atoms with Crippen LogP contribution in [0.1, 0.15) is 49.7 Å². The Hall–Kier alpha value is -2.31. The summed E-state index contributed by atoms with van der Waals surface area (Å²) in [6.45, 7) is 5.66. The largest absolute Gasteiger partial charge is 0.338 e. The molecule has 1 saturated carbocycles. The van der Waals surface area contributed by atoms with E-state index >= 15 is 0 Å². The minimum Gasteiger partial charge on any atom is -0.338 e. The fourth-order valence-corrected chi connectivity index (χ4v) is 5.45. The van der Waals surface area contributed by atoms with E-state index in [-0.39, 0.29) is 12.1 Å². The van der Waals surface area contributed by atoms with Crippen molar-refractivity contribution < 1.29 is 9.59 Å². The van der Waals surface area contributed by atoms with Crippen LogP contribution in [0.25, 0.3) is 0 Å². The van der Waals surface area contributed by atoms with Gasteiger partial charge in [0.25, 0.3) is 0 Å². The molecule has 4 aliphatic rings. The van der Waals surface area contributed by atoms with E-state index in [1.807, 2.05) is 22.1 Å². The molecule has 0 bridgehead atoms. The lowest BCUT2D eigenvalue weighted by atomic mass is 9.91. The van der Waals surface area contributed by atoms with Crippen molar-refractivity contribution in [3.05, 3.63) is 29.6 Å². The molecule has 1 atom stereocenters. The minimum atomic E-state index is 0.0287. The van der Waals surface area contributed by atoms with Crippen LogP contribution in [0.3, 0.4) is 0 Å². The second kappa shape index (κ2) is 7.50. The zero-order valence-corrected chi connectivity index (χ0v) is 17.1. The molecule has 156 valence electrons. The molecule has 1 unspecified atom stereocenters. The van der Waals surface area contributed by atoms with Crippen LogP contribution in [-0.4, -0.2) is 64.5 Å². The van der Waals surface area contributed by atoms with E-state index in [0.717, 1.165) is 64.0 Å². The molecule has 29 heavy (non-hydrogen) atoms. The molecule has 5 rings (SSSR count). The van der Waals surface area contributed by atoms with Crippen molar-refractivity contribution in [2.45, 2.75) is 51.6 Å². The van der Waals surface area contributed by atoms with Crippen molar-refractivity contribution in [3.63, 3.8) is 0 Å². The SMILES string of the molecule is O=C(NCC1CC12CCN(C(=O)N1CCCCC1)CC2)N1Cc2ccncc2C1. The first kappa shape index (κ1) is 18.7. The van der Waals surface area contributed by atoms with Gasteiger partial charge in [-0.05, 0) is 67.1 Å². The van der Waals surface area contributed by atoms with Gasteiger partial charge in [-0.2, -0.15) is 0 Å². The maximum absolute atomic E-state index is 12.7. The Kier molecular flexibility index (Phi) is 4.84. The number of hydrogen-bond donors (Lipinski definition) is 1. The zero-order valence-electron chi connectivity index (χ0n) is 17.1. The molecule has 1 aliphatic carbocycles. The summed E-state index contributed by atoms with van der Waals surface area (Å²) in [6, 6.07) is 2.27. The number of pyridine rings is 1. The van der Waals surface area contributed by atoms with Crippen molar-refractivity contribution in [3.8, 4) is 0 Å². The lowest BCUT2D eigenvalue weighted by molar-refractivity contribution is 0.118. The van der Waals surface area contributed by atoms with Crippen LogP contribution in [0.4, 0.5) is 9.59 Å². The maximum Gasteiger partial charge on any atom is 0.319 e. The number of likely N-dealkylation sites (tertiary alicyclic amines) is 2. The minimum absolute atomic E-state index is 0.0287. The predicted molar refractivity (Wildman–Crippen MR) is 109 cm³/mol. The van der Waals surface area contributed by atoms with E-state index in [1.54, 1.807) is 6.20 Å². The molecule has 4 amide bonds. The zero-order chi connectivity index (χ0) is 19.8. The standard InChI is InChI=1S/C22H31N5O2/c28-20(27-15-17-4-7-23-13-18(17)16-27)24-14-19-12-22(19)5-10-26(11-6-22)21(29)25-8-2-1-3-9-25/h4,7,13,19H,1-3,5-6,8-12,14-16H2,(H,24,28). The fourth-order valence-electron chi connectivity index (χ4n) is 5.45. The molecule has 0 radical (unpaired) electrons. The molecule has 1 aromatic rings. The van der Waals surface area contributed by atoms with Crippen molar-refractivity contribution in [2.24, 2.45) is 11.3 Å². The van der Waals surface area contributed by atoms with Gasteiger partial charge in [-0.1, -0.05) is 0 Å². The average molecular weight is 398 g/mol. The van der Waals surface area contributed by atoms with Gasteiger partial charge in [0.15, 0.2) is 0 Å². The van der Waals surface area contributed by atoms with E-state index in [1.165, 1.54) is 18.4 Å². The van der Waals surface area contributed by atoms with E-state index in [0.29, 0.717) is 24.4 Å². The molecule has 1 N–H and O–H groups in total. The third kappa shape index (κ3) is 3.67. The van der Waals surface area contributed by atoms with Gasteiger partial charge < -0.3 is 20.0 Å². The quantitative estimate of drug-likeness (QED) is 0.834. The molecule has 0 aromatic carbocycles. The summed E-state index contributed by atoms with van der Waals surface area (Å²) in [5.74, 6) is 0.560. The topological polar surface area (TPSA) is 68.8 Å². The highest BCUT2D eigenvalue weighted by Gasteiger charge is 2.55. The third-order valence-electron chi connectivity index (χ3n) is 7.53. The maximum atomic E-state index is 12.7. The number of carbonyl (C=O) groups is 2. The molecule has 3 aliphatic heterocycles. The lowest BCUT2D eigenvalue weighted by Gasteiger charge is -2.37. The number of hydrogen-bond acceptors (Lipinski definition) is 3. The number of aromatic nitrogens is 1. The predicted octanol–water partition coefficient (Wildman–Crippen LogP) is 2.81. The van der Waals surface area contributed by atoms with Crippen LogP contribution in [0, 0.1) is 11.3 Å². The monoisotopic (exact) mass is 397 g/mol. The number of nitrogens with one attached hydrogen (secondary N) is 1. The van der Waals surface area contributed by atoms with Crippen LogP contribution >= 0.6 is 0 Å². The first-order valence-electron chi connectivity index (χ1n) is 11.1. The molecule has 3 fully saturated rings. The van der Waals surface area contributed by atoms with Crippen LogP contribution in [-0.2, 0) is 13.1 Å². The summed E-state index contributed by atoms with van der Waals surface area (Å²) in [5.41, 5.74) is 2.70. The van der Waals surface area contributed by atoms with Crippen LogP contribution < -0.4 is 5.32 Å². The smallest absolute Gasteiger partial charge is 0.319 e. The Morgan fingerprint density at radius 3 is 2.48 bits per heavy atom. The normalized spacial score (nSPS) is 25.1. The van der Waals surface area contributed by atoms with Gasteiger partial charge in [-0.15, -0.1) is 0 Å². The van der Waals surface area contributed by atoms with Crippen LogP contribution in [0.5, 0.6) is 0 Å².